The molecule has 1 saturated heterocycles. The largest absolute Gasteiger partial charge is 0.481 e. The van der Waals surface area contributed by atoms with Crippen LogP contribution < -0.4 is 0 Å². The Morgan fingerprint density at radius 2 is 2.16 bits per heavy atom. The molecule has 0 aromatic heterocycles. The average Bonchev–Trinajstić information content (AvgIpc) is 2.37. The molecule has 0 radical (unpaired) electrons. The number of nitrogens with zero attached hydrogens (tertiary/aromatic N) is 2. The van der Waals surface area contributed by atoms with Gasteiger partial charge in [0.05, 0.1) is 5.92 Å². The number of thioether (sulfide) groups is 1. The summed E-state index contributed by atoms with van der Waals surface area (Å²) in [7, 11) is 1.82. The predicted molar refractivity (Wildman–Crippen MR) is 77.5 cm³/mol. The van der Waals surface area contributed by atoms with Gasteiger partial charge in [0.25, 0.3) is 0 Å². The molecule has 0 bridgehead atoms. The van der Waals surface area contributed by atoms with Crippen LogP contribution in [0.15, 0.2) is 0 Å². The first kappa shape index (κ1) is 16.1. The lowest BCUT2D eigenvalue weighted by atomic mass is 9.92. The van der Waals surface area contributed by atoms with E-state index in [1.807, 2.05) is 27.2 Å². The number of hydrogen-bond donors (Lipinski definition) is 1. The monoisotopic (exact) mass is 288 g/mol. The second-order valence-corrected chi connectivity index (χ2v) is 6.21. The predicted octanol–water partition coefficient (Wildman–Crippen LogP) is 1.97. The maximum Gasteiger partial charge on any atom is 0.320 e. The highest BCUT2D eigenvalue weighted by molar-refractivity contribution is 7.98. The third kappa shape index (κ3) is 4.03. The van der Waals surface area contributed by atoms with Crippen LogP contribution >= 0.6 is 11.8 Å². The molecular weight excluding hydrogens is 264 g/mol. The van der Waals surface area contributed by atoms with Crippen LogP contribution in [0.1, 0.15) is 26.7 Å². The molecule has 1 aliphatic heterocycles. The minimum atomic E-state index is -0.747. The van der Waals surface area contributed by atoms with Gasteiger partial charge in [0.1, 0.15) is 0 Å². The molecule has 2 amide bonds. The zero-order valence-corrected chi connectivity index (χ0v) is 12.9. The van der Waals surface area contributed by atoms with Crippen LogP contribution in [-0.4, -0.2) is 64.6 Å². The number of carboxylic acid groups (broad SMARTS) is 1. The maximum atomic E-state index is 12.4. The van der Waals surface area contributed by atoms with Crippen molar-refractivity contribution in [1.82, 2.24) is 9.80 Å². The Balaban J connectivity index is 2.61. The second-order valence-electron chi connectivity index (χ2n) is 5.30. The fourth-order valence-corrected chi connectivity index (χ4v) is 3.13. The number of carbonyl (C=O) groups excluding carboxylic acids is 1. The highest BCUT2D eigenvalue weighted by atomic mass is 32.2. The third-order valence-corrected chi connectivity index (χ3v) is 4.66. The van der Waals surface area contributed by atoms with E-state index < -0.39 is 5.97 Å². The lowest BCUT2D eigenvalue weighted by Gasteiger charge is -2.39. The highest BCUT2D eigenvalue weighted by Crippen LogP contribution is 2.24. The van der Waals surface area contributed by atoms with Crippen molar-refractivity contribution in [1.29, 1.82) is 0 Å². The molecule has 0 spiro atoms. The fraction of sp³-hybridized carbons (Fsp3) is 0.846. The average molecular weight is 288 g/mol. The molecule has 110 valence electrons. The van der Waals surface area contributed by atoms with Gasteiger partial charge in [-0.3, -0.25) is 4.79 Å². The normalized spacial score (nSPS) is 24.9. The molecule has 0 saturated carbocycles. The first-order valence-corrected chi connectivity index (χ1v) is 8.03. The molecule has 3 atom stereocenters. The van der Waals surface area contributed by atoms with Gasteiger partial charge in [-0.2, -0.15) is 11.8 Å². The van der Waals surface area contributed by atoms with Gasteiger partial charge in [0.2, 0.25) is 0 Å². The standard InChI is InChI=1S/C13H24N2O3S/c1-9-7-11(12(16)17)5-6-15(9)13(18)14(3)10(2)8-19-4/h9-11H,5-8H2,1-4H3,(H,16,17). The molecule has 5 nitrogen and oxygen atoms in total. The number of carboxylic acids is 1. The van der Waals surface area contributed by atoms with E-state index in [4.69, 9.17) is 5.11 Å². The van der Waals surface area contributed by atoms with E-state index in [1.165, 1.54) is 0 Å². The molecule has 0 aromatic rings. The molecule has 1 heterocycles. The number of aliphatic carboxylic acids is 1. The summed E-state index contributed by atoms with van der Waals surface area (Å²) in [5.74, 6) is -0.154. The first-order chi connectivity index (χ1) is 8.88. The number of piperidine rings is 1. The third-order valence-electron chi connectivity index (χ3n) is 3.84. The molecule has 0 aliphatic carbocycles. The lowest BCUT2D eigenvalue weighted by molar-refractivity contribution is -0.143. The number of hydrogen-bond acceptors (Lipinski definition) is 3. The van der Waals surface area contributed by atoms with Gasteiger partial charge in [-0.05, 0) is 32.9 Å². The minimum absolute atomic E-state index is 0.00807. The van der Waals surface area contributed by atoms with Crippen molar-refractivity contribution in [2.75, 3.05) is 25.6 Å². The van der Waals surface area contributed by atoms with Crippen LogP contribution in [0.4, 0.5) is 4.79 Å². The van der Waals surface area contributed by atoms with E-state index in [-0.39, 0.29) is 24.0 Å². The van der Waals surface area contributed by atoms with Crippen molar-refractivity contribution in [2.24, 2.45) is 5.92 Å². The fourth-order valence-electron chi connectivity index (χ4n) is 2.42. The quantitative estimate of drug-likeness (QED) is 0.859. The van der Waals surface area contributed by atoms with Crippen LogP contribution in [0.25, 0.3) is 0 Å². The Kier molecular flexibility index (Phi) is 5.97. The number of rotatable bonds is 4. The Hall–Kier alpha value is -0.910. The molecule has 1 aliphatic rings. The van der Waals surface area contributed by atoms with Gasteiger partial charge in [-0.1, -0.05) is 0 Å². The van der Waals surface area contributed by atoms with Crippen LogP contribution in [0.5, 0.6) is 0 Å². The lowest BCUT2D eigenvalue weighted by Crippen LogP contribution is -2.52. The Morgan fingerprint density at radius 1 is 1.53 bits per heavy atom. The summed E-state index contributed by atoms with van der Waals surface area (Å²) in [5, 5.41) is 9.03. The van der Waals surface area contributed by atoms with Crippen molar-refractivity contribution in [2.45, 2.75) is 38.8 Å². The number of urea groups is 1. The summed E-state index contributed by atoms with van der Waals surface area (Å²) < 4.78 is 0. The van der Waals surface area contributed by atoms with Gasteiger partial charge in [0, 0.05) is 31.4 Å². The second kappa shape index (κ2) is 7.03. The van der Waals surface area contributed by atoms with Crippen molar-refractivity contribution < 1.29 is 14.7 Å². The van der Waals surface area contributed by atoms with Crippen LogP contribution in [0.3, 0.4) is 0 Å². The summed E-state index contributed by atoms with van der Waals surface area (Å²) in [5.41, 5.74) is 0. The molecule has 1 fully saturated rings. The van der Waals surface area contributed by atoms with Crippen LogP contribution in [0.2, 0.25) is 0 Å². The van der Waals surface area contributed by atoms with Gasteiger partial charge >= 0.3 is 12.0 Å². The first-order valence-electron chi connectivity index (χ1n) is 6.63. The molecule has 0 aromatic carbocycles. The Labute approximate surface area is 119 Å². The van der Waals surface area contributed by atoms with E-state index in [9.17, 15) is 9.59 Å². The van der Waals surface area contributed by atoms with Crippen molar-refractivity contribution in [3.8, 4) is 0 Å². The van der Waals surface area contributed by atoms with E-state index >= 15 is 0 Å². The molecular formula is C13H24N2O3S. The van der Waals surface area contributed by atoms with E-state index in [2.05, 4.69) is 0 Å². The summed E-state index contributed by atoms with van der Waals surface area (Å²) in [6.07, 6.45) is 3.12. The highest BCUT2D eigenvalue weighted by Gasteiger charge is 2.34. The SMILES string of the molecule is CSCC(C)N(C)C(=O)N1CCC(C(=O)O)CC1C. The van der Waals surface area contributed by atoms with Crippen molar-refractivity contribution in [3.05, 3.63) is 0 Å². The Bertz CT molecular complexity index is 338. The van der Waals surface area contributed by atoms with Crippen molar-refractivity contribution in [3.63, 3.8) is 0 Å². The Morgan fingerprint density at radius 3 is 2.63 bits per heavy atom. The van der Waals surface area contributed by atoms with E-state index in [0.717, 1.165) is 5.75 Å². The summed E-state index contributed by atoms with van der Waals surface area (Å²) >= 11 is 1.72. The van der Waals surface area contributed by atoms with E-state index in [0.29, 0.717) is 19.4 Å². The van der Waals surface area contributed by atoms with E-state index in [1.54, 1.807) is 21.6 Å². The molecule has 19 heavy (non-hydrogen) atoms. The zero-order valence-electron chi connectivity index (χ0n) is 12.1. The summed E-state index contributed by atoms with van der Waals surface area (Å²) in [4.78, 5) is 26.9. The van der Waals surface area contributed by atoms with Gasteiger partial charge in [0.15, 0.2) is 0 Å². The number of likely N-dealkylation sites (tertiary alicyclic amines) is 1. The molecule has 3 unspecified atom stereocenters. The van der Waals surface area contributed by atoms with Gasteiger partial charge in [-0.25, -0.2) is 4.79 Å². The topological polar surface area (TPSA) is 60.9 Å². The van der Waals surface area contributed by atoms with Crippen LogP contribution in [0, 0.1) is 5.92 Å². The maximum absolute atomic E-state index is 12.4. The minimum Gasteiger partial charge on any atom is -0.481 e. The van der Waals surface area contributed by atoms with Crippen molar-refractivity contribution >= 4 is 23.8 Å². The molecule has 6 heteroatoms. The molecule has 1 N–H and O–H groups in total. The zero-order chi connectivity index (χ0) is 14.6. The smallest absolute Gasteiger partial charge is 0.320 e. The summed E-state index contributed by atoms with van der Waals surface area (Å²) in [6, 6.07) is 0.191. The number of carbonyl (C=O) groups is 2. The summed E-state index contributed by atoms with van der Waals surface area (Å²) in [6.45, 7) is 4.50. The molecule has 1 rings (SSSR count). The number of amides is 2. The van der Waals surface area contributed by atoms with Crippen LogP contribution in [-0.2, 0) is 4.79 Å². The van der Waals surface area contributed by atoms with Gasteiger partial charge < -0.3 is 14.9 Å². The van der Waals surface area contributed by atoms with Gasteiger partial charge in [-0.15, -0.1) is 0 Å².